The number of hydrogen-bond donors (Lipinski definition) is 0. The predicted octanol–water partition coefficient (Wildman–Crippen LogP) is 10.5. The summed E-state index contributed by atoms with van der Waals surface area (Å²) in [6, 6.07) is 58.9. The summed E-state index contributed by atoms with van der Waals surface area (Å²) in [5, 5.41) is 1.01. The molecule has 0 aliphatic heterocycles. The molecule has 7 aromatic carbocycles. The number of benzene rings is 7. The van der Waals surface area contributed by atoms with E-state index in [1.165, 1.54) is 0 Å². The molecule has 8 heteroatoms. The van der Waals surface area contributed by atoms with Gasteiger partial charge in [0, 0.05) is 16.6 Å². The molecular weight excluding hydrogens is 665 g/mol. The number of fused-ring (bicyclic) bond motifs is 11. The third-order valence-corrected chi connectivity index (χ3v) is 10.6. The molecule has 0 saturated heterocycles. The molecule has 0 atom stereocenters. The van der Waals surface area contributed by atoms with Crippen LogP contribution in [-0.2, 0) is 0 Å². The van der Waals surface area contributed by atoms with Crippen molar-refractivity contribution in [3.8, 4) is 34.0 Å². The lowest BCUT2D eigenvalue weighted by Crippen LogP contribution is -2.04. The molecule has 0 amide bonds. The zero-order valence-corrected chi connectivity index (χ0v) is 28.7. The minimum Gasteiger partial charge on any atom is -0.278 e. The van der Waals surface area contributed by atoms with E-state index >= 15 is 0 Å². The second-order valence-corrected chi connectivity index (χ2v) is 13.6. The lowest BCUT2D eigenvalue weighted by atomic mass is 10.0. The van der Waals surface area contributed by atoms with E-state index in [0.29, 0.717) is 5.95 Å². The van der Waals surface area contributed by atoms with E-state index in [9.17, 15) is 0 Å². The standard InChI is InChI=1S/C46H28N8/c1-3-13-29(14-4-1)43-33-17-7-8-18-34(33)47-44(50-43)54-40-26-24-31(28-42(40)52-37-20-10-9-19-35(37)48-46(52)54)30-23-25-36-41(27-30)53-39-22-12-11-21-38(39)51(45(53)49-36)32-15-5-2-6-16-32/h1-28H. The normalized spacial score (nSPS) is 12.1. The van der Waals surface area contributed by atoms with Crippen molar-refractivity contribution < 1.29 is 0 Å². The van der Waals surface area contributed by atoms with Crippen molar-refractivity contribution in [3.63, 3.8) is 0 Å². The highest BCUT2D eigenvalue weighted by atomic mass is 15.3. The maximum absolute atomic E-state index is 5.26. The smallest absolute Gasteiger partial charge is 0.238 e. The van der Waals surface area contributed by atoms with Gasteiger partial charge in [0.15, 0.2) is 0 Å². The molecule has 12 aromatic rings. The van der Waals surface area contributed by atoms with E-state index in [4.69, 9.17) is 19.9 Å². The van der Waals surface area contributed by atoms with Crippen LogP contribution in [0.25, 0.3) is 101 Å². The summed E-state index contributed by atoms with van der Waals surface area (Å²) in [7, 11) is 0. The van der Waals surface area contributed by atoms with Crippen molar-refractivity contribution >= 4 is 66.6 Å². The quantitative estimate of drug-likeness (QED) is 0.184. The van der Waals surface area contributed by atoms with Crippen LogP contribution in [0.1, 0.15) is 0 Å². The molecule has 0 aliphatic carbocycles. The molecular formula is C46H28N8. The van der Waals surface area contributed by atoms with Crippen molar-refractivity contribution in [1.82, 2.24) is 37.9 Å². The van der Waals surface area contributed by atoms with Gasteiger partial charge in [0.2, 0.25) is 17.5 Å². The van der Waals surface area contributed by atoms with E-state index in [1.807, 2.05) is 42.5 Å². The Labute approximate surface area is 307 Å². The molecule has 0 N–H and O–H groups in total. The van der Waals surface area contributed by atoms with Crippen LogP contribution in [-0.4, -0.2) is 37.9 Å². The van der Waals surface area contributed by atoms with Gasteiger partial charge in [-0.25, -0.2) is 24.5 Å². The van der Waals surface area contributed by atoms with Gasteiger partial charge in [0.1, 0.15) is 0 Å². The Kier molecular flexibility index (Phi) is 5.90. The Hall–Kier alpha value is -7.58. The van der Waals surface area contributed by atoms with Crippen molar-refractivity contribution in [1.29, 1.82) is 0 Å². The molecule has 5 aromatic heterocycles. The van der Waals surface area contributed by atoms with Gasteiger partial charge < -0.3 is 0 Å². The number of hydrogen-bond acceptors (Lipinski definition) is 4. The lowest BCUT2D eigenvalue weighted by molar-refractivity contribution is 0.986. The summed E-state index contributed by atoms with van der Waals surface area (Å²) in [4.78, 5) is 20.7. The van der Waals surface area contributed by atoms with E-state index in [0.717, 1.165) is 94.7 Å². The van der Waals surface area contributed by atoms with Gasteiger partial charge in [-0.05, 0) is 77.9 Å². The molecule has 0 saturated carbocycles. The van der Waals surface area contributed by atoms with E-state index in [2.05, 4.69) is 145 Å². The van der Waals surface area contributed by atoms with E-state index in [1.54, 1.807) is 0 Å². The second-order valence-electron chi connectivity index (χ2n) is 13.6. The monoisotopic (exact) mass is 692 g/mol. The highest BCUT2D eigenvalue weighted by Crippen LogP contribution is 2.36. The van der Waals surface area contributed by atoms with Crippen LogP contribution in [0.15, 0.2) is 170 Å². The highest BCUT2D eigenvalue weighted by molar-refractivity contribution is 5.98. The molecule has 0 fully saturated rings. The van der Waals surface area contributed by atoms with Crippen LogP contribution in [0, 0.1) is 0 Å². The third kappa shape index (κ3) is 4.07. The minimum atomic E-state index is 0.577. The summed E-state index contributed by atoms with van der Waals surface area (Å²) in [6.07, 6.45) is 0. The summed E-state index contributed by atoms with van der Waals surface area (Å²) in [5.74, 6) is 2.23. The Morgan fingerprint density at radius 2 is 0.907 bits per heavy atom. The Balaban J connectivity index is 1.10. The van der Waals surface area contributed by atoms with Gasteiger partial charge in [-0.1, -0.05) is 103 Å². The molecule has 0 bridgehead atoms. The Morgan fingerprint density at radius 3 is 1.72 bits per heavy atom. The van der Waals surface area contributed by atoms with Crippen LogP contribution < -0.4 is 0 Å². The van der Waals surface area contributed by atoms with E-state index < -0.39 is 0 Å². The maximum Gasteiger partial charge on any atom is 0.238 e. The number of para-hydroxylation sites is 6. The van der Waals surface area contributed by atoms with Gasteiger partial charge in [-0.3, -0.25) is 13.4 Å². The Bertz CT molecular complexity index is 3440. The van der Waals surface area contributed by atoms with Gasteiger partial charge in [0.05, 0.1) is 55.3 Å². The SMILES string of the molecule is c1ccc(-c2nc(-n3c4ccc(-c5ccc6nc7n(-c8ccccc8)c8ccccc8n7c6c5)cc4n4c5ccccc5nc34)nc3ccccc23)cc1. The van der Waals surface area contributed by atoms with Gasteiger partial charge in [-0.2, -0.15) is 0 Å². The van der Waals surface area contributed by atoms with E-state index in [-0.39, 0.29) is 0 Å². The van der Waals surface area contributed by atoms with Gasteiger partial charge in [0.25, 0.3) is 0 Å². The van der Waals surface area contributed by atoms with Crippen LogP contribution in [0.5, 0.6) is 0 Å². The zero-order valence-electron chi connectivity index (χ0n) is 28.7. The van der Waals surface area contributed by atoms with Crippen molar-refractivity contribution in [2.75, 3.05) is 0 Å². The predicted molar refractivity (Wildman–Crippen MR) is 217 cm³/mol. The first-order chi connectivity index (χ1) is 26.8. The van der Waals surface area contributed by atoms with Gasteiger partial charge in [-0.15, -0.1) is 0 Å². The highest BCUT2D eigenvalue weighted by Gasteiger charge is 2.22. The number of nitrogens with zero attached hydrogens (tertiary/aromatic N) is 8. The first kappa shape index (κ1) is 29.0. The van der Waals surface area contributed by atoms with Crippen molar-refractivity contribution in [2.24, 2.45) is 0 Å². The summed E-state index contributed by atoms with van der Waals surface area (Å²) in [6.45, 7) is 0. The van der Waals surface area contributed by atoms with Crippen LogP contribution >= 0.6 is 0 Å². The lowest BCUT2D eigenvalue weighted by Gasteiger charge is -2.10. The van der Waals surface area contributed by atoms with Crippen molar-refractivity contribution in [3.05, 3.63) is 170 Å². The van der Waals surface area contributed by atoms with Crippen LogP contribution in [0.3, 0.4) is 0 Å². The average Bonchev–Trinajstić information content (AvgIpc) is 3.97. The fourth-order valence-electron chi connectivity index (χ4n) is 8.17. The third-order valence-electron chi connectivity index (χ3n) is 10.6. The first-order valence-electron chi connectivity index (χ1n) is 18.0. The number of aromatic nitrogens is 8. The molecule has 0 unspecified atom stereocenters. The zero-order chi connectivity index (χ0) is 35.3. The molecule has 0 aliphatic rings. The van der Waals surface area contributed by atoms with Gasteiger partial charge >= 0.3 is 0 Å². The second kappa shape index (κ2) is 11.0. The molecule has 54 heavy (non-hydrogen) atoms. The fourth-order valence-corrected chi connectivity index (χ4v) is 8.17. The molecule has 0 radical (unpaired) electrons. The Morgan fingerprint density at radius 1 is 0.333 bits per heavy atom. The molecule has 252 valence electrons. The topological polar surface area (TPSA) is 70.2 Å². The molecule has 12 rings (SSSR count). The average molecular weight is 693 g/mol. The molecule has 8 nitrogen and oxygen atoms in total. The van der Waals surface area contributed by atoms with Crippen molar-refractivity contribution in [2.45, 2.75) is 0 Å². The summed E-state index contributed by atoms with van der Waals surface area (Å²) < 4.78 is 8.85. The van der Waals surface area contributed by atoms with Crippen LogP contribution in [0.4, 0.5) is 0 Å². The maximum atomic E-state index is 5.26. The van der Waals surface area contributed by atoms with Crippen LogP contribution in [0.2, 0.25) is 0 Å². The summed E-state index contributed by atoms with van der Waals surface area (Å²) in [5.41, 5.74) is 14.2. The first-order valence-corrected chi connectivity index (χ1v) is 18.0. The molecule has 0 spiro atoms. The fraction of sp³-hybridized carbons (Fsp3) is 0. The minimum absolute atomic E-state index is 0.577. The number of rotatable bonds is 4. The number of imidazole rings is 4. The largest absolute Gasteiger partial charge is 0.278 e. The molecule has 5 heterocycles. The summed E-state index contributed by atoms with van der Waals surface area (Å²) >= 11 is 0.